The summed E-state index contributed by atoms with van der Waals surface area (Å²) in [4.78, 5) is 11.3. The van der Waals surface area contributed by atoms with Gasteiger partial charge in [0.1, 0.15) is 6.10 Å². The number of hydrogen-bond acceptors (Lipinski definition) is 2. The van der Waals surface area contributed by atoms with Gasteiger partial charge in [0.05, 0.1) is 0 Å². The summed E-state index contributed by atoms with van der Waals surface area (Å²) in [6, 6.07) is 0. The van der Waals surface area contributed by atoms with E-state index in [-0.39, 0.29) is 12.1 Å². The molecule has 2 nitrogen and oxygen atoms in total. The molecular weight excluding hydrogens is 188 g/mol. The van der Waals surface area contributed by atoms with Crippen molar-refractivity contribution in [2.45, 2.75) is 38.7 Å². The van der Waals surface area contributed by atoms with E-state index in [1.807, 2.05) is 6.92 Å². The number of allylic oxidation sites excluding steroid dienone is 2. The average Bonchev–Trinajstić information content (AvgIpc) is 2.87. The Kier molecular flexibility index (Phi) is 2.11. The number of carbonyl (C=O) groups excluding carboxylic acids is 1. The molecule has 0 aromatic rings. The molecule has 15 heavy (non-hydrogen) atoms. The molecule has 3 rings (SSSR count). The standard InChI is InChI=1S/C13H18O2/c1-2-13(14)15-12-7-8-6-11(12)10-5-3-4-9(8)10/h3,5,8-12H,2,4,6-7H2,1H3. The largest absolute Gasteiger partial charge is 0.462 e. The van der Waals surface area contributed by atoms with E-state index in [0.717, 1.165) is 24.2 Å². The van der Waals surface area contributed by atoms with Crippen LogP contribution in [0, 0.1) is 23.7 Å². The third-order valence-electron chi connectivity index (χ3n) is 4.52. The topological polar surface area (TPSA) is 26.3 Å². The Bertz CT molecular complexity index is 308. The molecule has 3 aliphatic rings. The van der Waals surface area contributed by atoms with Gasteiger partial charge >= 0.3 is 5.97 Å². The van der Waals surface area contributed by atoms with E-state index in [9.17, 15) is 4.79 Å². The summed E-state index contributed by atoms with van der Waals surface area (Å²) in [5.74, 6) is 3.04. The van der Waals surface area contributed by atoms with E-state index < -0.39 is 0 Å². The van der Waals surface area contributed by atoms with E-state index >= 15 is 0 Å². The van der Waals surface area contributed by atoms with Gasteiger partial charge < -0.3 is 4.74 Å². The van der Waals surface area contributed by atoms with Crippen molar-refractivity contribution in [2.75, 3.05) is 0 Å². The number of carbonyl (C=O) groups is 1. The minimum atomic E-state index is -0.0222. The van der Waals surface area contributed by atoms with Crippen LogP contribution in [0.25, 0.3) is 0 Å². The molecule has 5 unspecified atom stereocenters. The molecule has 0 saturated heterocycles. The van der Waals surface area contributed by atoms with Gasteiger partial charge in [-0.25, -0.2) is 0 Å². The van der Waals surface area contributed by atoms with Crippen molar-refractivity contribution in [2.24, 2.45) is 23.7 Å². The number of esters is 1. The van der Waals surface area contributed by atoms with Crippen LogP contribution in [0.15, 0.2) is 12.2 Å². The van der Waals surface area contributed by atoms with Gasteiger partial charge in [-0.1, -0.05) is 19.1 Å². The molecule has 0 aromatic heterocycles. The number of hydrogen-bond donors (Lipinski definition) is 0. The van der Waals surface area contributed by atoms with Gasteiger partial charge in [0, 0.05) is 12.3 Å². The molecule has 2 fully saturated rings. The summed E-state index contributed by atoms with van der Waals surface area (Å²) in [5.41, 5.74) is 0. The summed E-state index contributed by atoms with van der Waals surface area (Å²) in [7, 11) is 0. The first-order chi connectivity index (χ1) is 7.29. The number of rotatable bonds is 2. The van der Waals surface area contributed by atoms with Crippen LogP contribution in [-0.4, -0.2) is 12.1 Å². The van der Waals surface area contributed by atoms with Crippen LogP contribution in [0.5, 0.6) is 0 Å². The molecule has 0 N–H and O–H groups in total. The lowest BCUT2D eigenvalue weighted by atomic mass is 9.80. The first-order valence-electron chi connectivity index (χ1n) is 6.15. The van der Waals surface area contributed by atoms with Gasteiger partial charge in [0.2, 0.25) is 0 Å². The third-order valence-corrected chi connectivity index (χ3v) is 4.52. The van der Waals surface area contributed by atoms with E-state index in [0.29, 0.717) is 12.3 Å². The van der Waals surface area contributed by atoms with Crippen LogP contribution in [-0.2, 0) is 9.53 Å². The maximum Gasteiger partial charge on any atom is 0.305 e. The SMILES string of the molecule is CCC(=O)OC1CC2CC1C1C=CCC21. The molecule has 0 aliphatic heterocycles. The van der Waals surface area contributed by atoms with Crippen molar-refractivity contribution in [3.05, 3.63) is 12.2 Å². The molecule has 0 amide bonds. The minimum Gasteiger partial charge on any atom is -0.462 e. The van der Waals surface area contributed by atoms with Crippen molar-refractivity contribution < 1.29 is 9.53 Å². The van der Waals surface area contributed by atoms with Crippen molar-refractivity contribution in [1.82, 2.24) is 0 Å². The molecule has 2 saturated carbocycles. The molecule has 0 heterocycles. The normalized spacial score (nSPS) is 45.8. The molecule has 2 heteroatoms. The fraction of sp³-hybridized carbons (Fsp3) is 0.769. The Morgan fingerprint density at radius 2 is 2.27 bits per heavy atom. The van der Waals surface area contributed by atoms with E-state index in [4.69, 9.17) is 4.74 Å². The zero-order valence-electron chi connectivity index (χ0n) is 9.19. The van der Waals surface area contributed by atoms with Crippen molar-refractivity contribution in [1.29, 1.82) is 0 Å². The summed E-state index contributed by atoms with van der Waals surface area (Å²) in [6.45, 7) is 1.87. The first-order valence-corrected chi connectivity index (χ1v) is 6.15. The van der Waals surface area contributed by atoms with Gasteiger partial charge in [0.25, 0.3) is 0 Å². The minimum absolute atomic E-state index is 0.0222. The summed E-state index contributed by atoms with van der Waals surface area (Å²) in [6.07, 6.45) is 9.10. The van der Waals surface area contributed by atoms with Crippen molar-refractivity contribution in [3.63, 3.8) is 0 Å². The Morgan fingerprint density at radius 1 is 1.40 bits per heavy atom. The Labute approximate surface area is 90.7 Å². The maximum atomic E-state index is 11.3. The fourth-order valence-electron chi connectivity index (χ4n) is 3.87. The highest BCUT2D eigenvalue weighted by Crippen LogP contribution is 2.57. The summed E-state index contributed by atoms with van der Waals surface area (Å²) >= 11 is 0. The lowest BCUT2D eigenvalue weighted by Crippen LogP contribution is -2.31. The van der Waals surface area contributed by atoms with E-state index in [1.54, 1.807) is 0 Å². The second-order valence-electron chi connectivity index (χ2n) is 5.18. The monoisotopic (exact) mass is 206 g/mol. The number of fused-ring (bicyclic) bond motifs is 5. The molecule has 0 radical (unpaired) electrons. The number of ether oxygens (including phenoxy) is 1. The maximum absolute atomic E-state index is 11.3. The molecule has 0 aromatic carbocycles. The van der Waals surface area contributed by atoms with Crippen LogP contribution < -0.4 is 0 Å². The van der Waals surface area contributed by atoms with Gasteiger partial charge in [0.15, 0.2) is 0 Å². The van der Waals surface area contributed by atoms with Crippen LogP contribution in [0.3, 0.4) is 0 Å². The van der Waals surface area contributed by atoms with E-state index in [1.165, 1.54) is 12.8 Å². The third kappa shape index (κ3) is 1.34. The Balaban J connectivity index is 1.70. The lowest BCUT2D eigenvalue weighted by Gasteiger charge is -2.30. The molecule has 0 spiro atoms. The average molecular weight is 206 g/mol. The van der Waals surface area contributed by atoms with Crippen molar-refractivity contribution in [3.8, 4) is 0 Å². The zero-order chi connectivity index (χ0) is 10.4. The Morgan fingerprint density at radius 3 is 3.07 bits per heavy atom. The molecule has 82 valence electrons. The Hall–Kier alpha value is -0.790. The first kappa shape index (κ1) is 9.44. The predicted molar refractivity (Wildman–Crippen MR) is 57.1 cm³/mol. The molecular formula is C13H18O2. The zero-order valence-corrected chi connectivity index (χ0v) is 9.19. The van der Waals surface area contributed by atoms with Gasteiger partial charge in [-0.05, 0) is 37.0 Å². The van der Waals surface area contributed by atoms with Crippen LogP contribution >= 0.6 is 0 Å². The lowest BCUT2D eigenvalue weighted by molar-refractivity contribution is -0.152. The summed E-state index contributed by atoms with van der Waals surface area (Å²) < 4.78 is 5.53. The fourth-order valence-corrected chi connectivity index (χ4v) is 3.87. The van der Waals surface area contributed by atoms with Gasteiger partial charge in [-0.15, -0.1) is 0 Å². The van der Waals surface area contributed by atoms with Crippen LogP contribution in [0.4, 0.5) is 0 Å². The quantitative estimate of drug-likeness (QED) is 0.512. The highest BCUT2D eigenvalue weighted by molar-refractivity contribution is 5.69. The molecule has 2 bridgehead atoms. The molecule has 5 atom stereocenters. The highest BCUT2D eigenvalue weighted by Gasteiger charge is 2.53. The van der Waals surface area contributed by atoms with Crippen LogP contribution in [0.1, 0.15) is 32.6 Å². The molecule has 3 aliphatic carbocycles. The predicted octanol–water partition coefficient (Wildman–Crippen LogP) is 2.54. The summed E-state index contributed by atoms with van der Waals surface area (Å²) in [5, 5.41) is 0. The van der Waals surface area contributed by atoms with E-state index in [2.05, 4.69) is 12.2 Å². The smallest absolute Gasteiger partial charge is 0.305 e. The van der Waals surface area contributed by atoms with Gasteiger partial charge in [-0.2, -0.15) is 0 Å². The van der Waals surface area contributed by atoms with Crippen molar-refractivity contribution >= 4 is 5.97 Å². The second-order valence-corrected chi connectivity index (χ2v) is 5.18. The highest BCUT2D eigenvalue weighted by atomic mass is 16.5. The second kappa shape index (κ2) is 3.36. The van der Waals surface area contributed by atoms with Crippen LogP contribution in [0.2, 0.25) is 0 Å². The van der Waals surface area contributed by atoms with Gasteiger partial charge in [-0.3, -0.25) is 4.79 Å².